The molecule has 25 heavy (non-hydrogen) atoms. The van der Waals surface area contributed by atoms with Gasteiger partial charge in [0, 0.05) is 11.6 Å². The summed E-state index contributed by atoms with van der Waals surface area (Å²) in [6.45, 7) is 0.337. The molecule has 0 bridgehead atoms. The van der Waals surface area contributed by atoms with Crippen LogP contribution in [-0.4, -0.2) is 12.7 Å². The van der Waals surface area contributed by atoms with Crippen LogP contribution in [0, 0.1) is 0 Å². The van der Waals surface area contributed by atoms with Gasteiger partial charge in [0.25, 0.3) is 0 Å². The van der Waals surface area contributed by atoms with Gasteiger partial charge in [-0.15, -0.1) is 0 Å². The highest BCUT2D eigenvalue weighted by Crippen LogP contribution is 2.43. The summed E-state index contributed by atoms with van der Waals surface area (Å²) >= 11 is 6.41. The van der Waals surface area contributed by atoms with Crippen LogP contribution in [-0.2, 0) is 16.6 Å². The molecule has 3 nitrogen and oxygen atoms in total. The average Bonchev–Trinajstić information content (AvgIpc) is 3.03. The van der Waals surface area contributed by atoms with Crippen molar-refractivity contribution in [3.8, 4) is 0 Å². The summed E-state index contributed by atoms with van der Waals surface area (Å²) in [5.41, 5.74) is 2.79. The Bertz CT molecular complexity index is 1020. The number of sulfonamides is 1. The molecule has 0 aromatic heterocycles. The van der Waals surface area contributed by atoms with E-state index in [-0.39, 0.29) is 0 Å². The average molecular weight is 370 g/mol. The lowest BCUT2D eigenvalue weighted by molar-refractivity contribution is 0.387. The van der Waals surface area contributed by atoms with Crippen molar-refractivity contribution in [1.82, 2.24) is 4.31 Å². The first kappa shape index (κ1) is 16.3. The number of rotatable bonds is 3. The molecule has 0 radical (unpaired) electrons. The normalized spacial score (nSPS) is 17.4. The second kappa shape index (κ2) is 6.30. The molecule has 1 atom stereocenters. The molecule has 1 aliphatic heterocycles. The van der Waals surface area contributed by atoms with Crippen LogP contribution in [0.1, 0.15) is 22.7 Å². The Kier molecular flexibility index (Phi) is 4.12. The molecule has 0 amide bonds. The molecule has 0 spiro atoms. The highest BCUT2D eigenvalue weighted by Gasteiger charge is 2.40. The van der Waals surface area contributed by atoms with E-state index >= 15 is 0 Å². The van der Waals surface area contributed by atoms with E-state index in [0.717, 1.165) is 16.7 Å². The van der Waals surface area contributed by atoms with E-state index in [1.54, 1.807) is 30.3 Å². The first-order valence-corrected chi connectivity index (χ1v) is 9.80. The fraction of sp³-hybridized carbons (Fsp3) is 0.100. The first-order chi connectivity index (χ1) is 12.1. The molecular formula is C20H16ClNO2S. The van der Waals surface area contributed by atoms with Crippen molar-refractivity contribution in [3.05, 3.63) is 101 Å². The summed E-state index contributed by atoms with van der Waals surface area (Å²) in [4.78, 5) is 0.292. The molecule has 0 N–H and O–H groups in total. The maximum absolute atomic E-state index is 13.3. The van der Waals surface area contributed by atoms with Gasteiger partial charge in [0.1, 0.15) is 0 Å². The lowest BCUT2D eigenvalue weighted by Crippen LogP contribution is -2.30. The summed E-state index contributed by atoms with van der Waals surface area (Å²) in [5, 5.41) is 0.567. The maximum atomic E-state index is 13.3. The molecule has 4 rings (SSSR count). The van der Waals surface area contributed by atoms with Gasteiger partial charge in [0.2, 0.25) is 10.0 Å². The Balaban J connectivity index is 1.90. The third-order valence-electron chi connectivity index (χ3n) is 4.51. The number of hydrogen-bond donors (Lipinski definition) is 0. The number of fused-ring (bicyclic) bond motifs is 1. The van der Waals surface area contributed by atoms with Crippen molar-refractivity contribution >= 4 is 21.6 Å². The van der Waals surface area contributed by atoms with Gasteiger partial charge in [-0.3, -0.25) is 0 Å². The molecule has 1 unspecified atom stereocenters. The van der Waals surface area contributed by atoms with Gasteiger partial charge in [-0.1, -0.05) is 72.3 Å². The number of nitrogens with zero attached hydrogens (tertiary/aromatic N) is 1. The number of hydrogen-bond acceptors (Lipinski definition) is 2. The van der Waals surface area contributed by atoms with Crippen LogP contribution in [0.2, 0.25) is 5.02 Å². The Morgan fingerprint density at radius 2 is 1.40 bits per heavy atom. The Hall–Kier alpha value is -2.14. The minimum absolute atomic E-state index is 0.292. The fourth-order valence-electron chi connectivity index (χ4n) is 3.33. The molecule has 0 aliphatic carbocycles. The quantitative estimate of drug-likeness (QED) is 0.674. The highest BCUT2D eigenvalue weighted by molar-refractivity contribution is 7.89. The van der Waals surface area contributed by atoms with Gasteiger partial charge in [-0.05, 0) is 34.9 Å². The molecule has 1 heterocycles. The molecular weight excluding hydrogens is 354 g/mol. The van der Waals surface area contributed by atoms with Crippen molar-refractivity contribution in [2.45, 2.75) is 17.5 Å². The van der Waals surface area contributed by atoms with E-state index in [4.69, 9.17) is 11.6 Å². The van der Waals surface area contributed by atoms with Gasteiger partial charge in [0.05, 0.1) is 10.9 Å². The van der Waals surface area contributed by atoms with E-state index in [2.05, 4.69) is 0 Å². The van der Waals surface area contributed by atoms with Crippen LogP contribution in [0.4, 0.5) is 0 Å². The second-order valence-corrected chi connectivity index (χ2v) is 8.28. The third kappa shape index (κ3) is 2.76. The molecule has 5 heteroatoms. The standard InChI is InChI=1S/C20H16ClNO2S/c21-19-13-7-6-12-18(19)20-17-11-5-4-8-15(17)14-22(20)25(23,24)16-9-2-1-3-10-16/h1-13,20H,14H2. The van der Waals surface area contributed by atoms with Crippen molar-refractivity contribution in [2.75, 3.05) is 0 Å². The molecule has 3 aromatic carbocycles. The predicted molar refractivity (Wildman–Crippen MR) is 98.9 cm³/mol. The Morgan fingerprint density at radius 1 is 0.800 bits per heavy atom. The summed E-state index contributed by atoms with van der Waals surface area (Å²) in [6.07, 6.45) is 0. The summed E-state index contributed by atoms with van der Waals surface area (Å²) in [7, 11) is -3.65. The SMILES string of the molecule is O=S(=O)(c1ccccc1)N1Cc2ccccc2C1c1ccccc1Cl. The van der Waals surface area contributed by atoms with E-state index in [9.17, 15) is 8.42 Å². The van der Waals surface area contributed by atoms with Crippen molar-refractivity contribution < 1.29 is 8.42 Å². The van der Waals surface area contributed by atoms with Gasteiger partial charge in [0.15, 0.2) is 0 Å². The highest BCUT2D eigenvalue weighted by atomic mass is 35.5. The van der Waals surface area contributed by atoms with Crippen LogP contribution in [0.5, 0.6) is 0 Å². The Labute approximate surface area is 152 Å². The van der Waals surface area contributed by atoms with Crippen molar-refractivity contribution in [1.29, 1.82) is 0 Å². The lowest BCUT2D eigenvalue weighted by atomic mass is 9.99. The van der Waals surface area contributed by atoms with Crippen LogP contribution >= 0.6 is 11.6 Å². The lowest BCUT2D eigenvalue weighted by Gasteiger charge is -2.26. The molecule has 0 saturated carbocycles. The monoisotopic (exact) mass is 369 g/mol. The zero-order chi connectivity index (χ0) is 17.4. The van der Waals surface area contributed by atoms with Crippen LogP contribution in [0.15, 0.2) is 83.8 Å². The summed E-state index contributed by atoms with van der Waals surface area (Å²) in [6, 6.07) is 23.3. The van der Waals surface area contributed by atoms with E-state index in [1.165, 1.54) is 4.31 Å². The second-order valence-electron chi connectivity index (χ2n) is 5.99. The minimum Gasteiger partial charge on any atom is -0.207 e. The van der Waals surface area contributed by atoms with Gasteiger partial charge in [-0.25, -0.2) is 8.42 Å². The zero-order valence-corrected chi connectivity index (χ0v) is 14.9. The van der Waals surface area contributed by atoms with E-state index < -0.39 is 16.1 Å². The Morgan fingerprint density at radius 3 is 2.12 bits per heavy atom. The van der Waals surface area contributed by atoms with Crippen molar-refractivity contribution in [3.63, 3.8) is 0 Å². The summed E-state index contributed by atoms with van der Waals surface area (Å²) in [5.74, 6) is 0. The maximum Gasteiger partial charge on any atom is 0.244 e. The largest absolute Gasteiger partial charge is 0.244 e. The van der Waals surface area contributed by atoms with Gasteiger partial charge >= 0.3 is 0 Å². The van der Waals surface area contributed by atoms with Gasteiger partial charge in [-0.2, -0.15) is 4.31 Å². The molecule has 0 saturated heterocycles. The molecule has 1 aliphatic rings. The van der Waals surface area contributed by atoms with E-state index in [0.29, 0.717) is 16.5 Å². The minimum atomic E-state index is -3.65. The van der Waals surface area contributed by atoms with Crippen molar-refractivity contribution in [2.24, 2.45) is 0 Å². The zero-order valence-electron chi connectivity index (χ0n) is 13.3. The van der Waals surface area contributed by atoms with Crippen LogP contribution in [0.25, 0.3) is 0 Å². The predicted octanol–water partition coefficient (Wildman–Crippen LogP) is 4.63. The third-order valence-corrected chi connectivity index (χ3v) is 6.68. The van der Waals surface area contributed by atoms with Crippen LogP contribution in [0.3, 0.4) is 0 Å². The molecule has 0 fully saturated rings. The van der Waals surface area contributed by atoms with Gasteiger partial charge < -0.3 is 0 Å². The topological polar surface area (TPSA) is 37.4 Å². The number of halogens is 1. The molecule has 126 valence electrons. The van der Waals surface area contributed by atoms with Crippen LogP contribution < -0.4 is 0 Å². The molecule has 3 aromatic rings. The first-order valence-electron chi connectivity index (χ1n) is 7.98. The smallest absolute Gasteiger partial charge is 0.207 e. The fourth-order valence-corrected chi connectivity index (χ4v) is 5.16. The summed E-state index contributed by atoms with van der Waals surface area (Å²) < 4.78 is 28.1. The van der Waals surface area contributed by atoms with E-state index in [1.807, 2.05) is 48.5 Å². The number of benzene rings is 3.